The van der Waals surface area contributed by atoms with E-state index in [-0.39, 0.29) is 5.69 Å². The summed E-state index contributed by atoms with van der Waals surface area (Å²) in [7, 11) is -4.89. The number of carbonyl (C=O) groups is 1. The van der Waals surface area contributed by atoms with Crippen LogP contribution < -0.4 is 0 Å². The highest BCUT2D eigenvalue weighted by molar-refractivity contribution is 7.86. The molecule has 0 atom stereocenters. The SMILES string of the molecule is CC1(C)COCCN1C(=O)c1cc(S(=O)(=O)F)[nH]n1. The highest BCUT2D eigenvalue weighted by atomic mass is 32.3. The Morgan fingerprint density at radius 1 is 1.58 bits per heavy atom. The number of halogens is 1. The third-order valence-electron chi connectivity index (χ3n) is 2.93. The van der Waals surface area contributed by atoms with Crippen LogP contribution >= 0.6 is 0 Å². The molecule has 0 unspecified atom stereocenters. The molecule has 1 saturated heterocycles. The standard InChI is InChI=1S/C10H14FN3O4S/c1-10(2)6-18-4-3-14(10)9(15)7-5-8(13-12-7)19(11,16)17/h5H,3-4,6H2,1-2H3,(H,12,13). The molecular weight excluding hydrogens is 277 g/mol. The van der Waals surface area contributed by atoms with Gasteiger partial charge in [-0.3, -0.25) is 9.89 Å². The first-order valence-corrected chi connectivity index (χ1v) is 7.00. The number of H-pyrrole nitrogens is 1. The Hall–Kier alpha value is -1.48. The summed E-state index contributed by atoms with van der Waals surface area (Å²) in [6, 6.07) is 0.892. The molecule has 2 heterocycles. The van der Waals surface area contributed by atoms with Crippen LogP contribution in [0, 0.1) is 0 Å². The first-order valence-electron chi connectivity index (χ1n) is 5.61. The highest BCUT2D eigenvalue weighted by Crippen LogP contribution is 2.22. The van der Waals surface area contributed by atoms with Crippen LogP contribution in [0.15, 0.2) is 11.1 Å². The fourth-order valence-electron chi connectivity index (χ4n) is 1.91. The predicted molar refractivity (Wildman–Crippen MR) is 62.8 cm³/mol. The van der Waals surface area contributed by atoms with Crippen molar-refractivity contribution in [2.75, 3.05) is 19.8 Å². The molecular formula is C10H14FN3O4S. The van der Waals surface area contributed by atoms with Crippen molar-refractivity contribution in [3.8, 4) is 0 Å². The Balaban J connectivity index is 2.27. The second-order valence-electron chi connectivity index (χ2n) is 4.88. The number of nitrogens with zero attached hydrogens (tertiary/aromatic N) is 2. The van der Waals surface area contributed by atoms with E-state index >= 15 is 0 Å². The number of hydrogen-bond acceptors (Lipinski definition) is 5. The fraction of sp³-hybridized carbons (Fsp3) is 0.600. The zero-order valence-corrected chi connectivity index (χ0v) is 11.3. The molecule has 0 radical (unpaired) electrons. The zero-order valence-electron chi connectivity index (χ0n) is 10.5. The minimum absolute atomic E-state index is 0.133. The van der Waals surface area contributed by atoms with Gasteiger partial charge in [0.05, 0.1) is 18.8 Å². The first kappa shape index (κ1) is 13.9. The average Bonchev–Trinajstić information content (AvgIpc) is 2.76. The van der Waals surface area contributed by atoms with Gasteiger partial charge in [0.1, 0.15) is 0 Å². The van der Waals surface area contributed by atoms with Gasteiger partial charge in [-0.25, -0.2) is 0 Å². The van der Waals surface area contributed by atoms with Crippen molar-refractivity contribution in [2.45, 2.75) is 24.4 Å². The molecule has 19 heavy (non-hydrogen) atoms. The minimum atomic E-state index is -4.89. The van der Waals surface area contributed by atoms with Gasteiger partial charge in [-0.1, -0.05) is 3.89 Å². The van der Waals surface area contributed by atoms with E-state index in [0.717, 1.165) is 6.07 Å². The Labute approximate surface area is 109 Å². The van der Waals surface area contributed by atoms with Crippen molar-refractivity contribution < 1.29 is 21.8 Å². The van der Waals surface area contributed by atoms with E-state index in [1.54, 1.807) is 0 Å². The number of morpholine rings is 1. The number of rotatable bonds is 2. The van der Waals surface area contributed by atoms with Crippen LogP contribution in [-0.4, -0.2) is 54.7 Å². The third kappa shape index (κ3) is 2.76. The van der Waals surface area contributed by atoms with Gasteiger partial charge in [0.15, 0.2) is 10.7 Å². The topological polar surface area (TPSA) is 92.4 Å². The van der Waals surface area contributed by atoms with Crippen LogP contribution in [0.2, 0.25) is 0 Å². The molecule has 1 aromatic rings. The Bertz CT molecular complexity index is 596. The smallest absolute Gasteiger partial charge is 0.349 e. The average molecular weight is 291 g/mol. The van der Waals surface area contributed by atoms with E-state index < -0.39 is 26.7 Å². The molecule has 9 heteroatoms. The number of aromatic nitrogens is 2. The summed E-state index contributed by atoms with van der Waals surface area (Å²) in [6.07, 6.45) is 0. The zero-order chi connectivity index (χ0) is 14.3. The Morgan fingerprint density at radius 2 is 2.26 bits per heavy atom. The predicted octanol–water partition coefficient (Wildman–Crippen LogP) is 0.319. The lowest BCUT2D eigenvalue weighted by molar-refractivity contribution is -0.0373. The van der Waals surface area contributed by atoms with Crippen LogP contribution in [0.1, 0.15) is 24.3 Å². The summed E-state index contributed by atoms with van der Waals surface area (Å²) in [5.74, 6) is -0.459. The summed E-state index contributed by atoms with van der Waals surface area (Å²) in [5, 5.41) is 4.83. The van der Waals surface area contributed by atoms with E-state index in [1.165, 1.54) is 4.90 Å². The highest BCUT2D eigenvalue weighted by Gasteiger charge is 2.35. The van der Waals surface area contributed by atoms with Crippen LogP contribution in [-0.2, 0) is 15.0 Å². The van der Waals surface area contributed by atoms with Crippen LogP contribution in [0.5, 0.6) is 0 Å². The maximum absolute atomic E-state index is 12.7. The molecule has 1 amide bonds. The molecule has 0 aromatic carbocycles. The quantitative estimate of drug-likeness (QED) is 0.792. The molecule has 1 N–H and O–H groups in total. The Morgan fingerprint density at radius 3 is 2.79 bits per heavy atom. The van der Waals surface area contributed by atoms with Crippen molar-refractivity contribution in [3.05, 3.63) is 11.8 Å². The van der Waals surface area contributed by atoms with Gasteiger partial charge in [-0.05, 0) is 13.8 Å². The molecule has 1 aromatic heterocycles. The Kier molecular flexibility index (Phi) is 3.35. The van der Waals surface area contributed by atoms with Gasteiger partial charge in [0.25, 0.3) is 5.91 Å². The van der Waals surface area contributed by atoms with Crippen LogP contribution in [0.4, 0.5) is 3.89 Å². The van der Waals surface area contributed by atoms with Gasteiger partial charge in [-0.15, -0.1) is 0 Å². The molecule has 1 aliphatic rings. The molecule has 0 aliphatic carbocycles. The summed E-state index contributed by atoms with van der Waals surface area (Å²) >= 11 is 0. The van der Waals surface area contributed by atoms with E-state index in [4.69, 9.17) is 4.74 Å². The van der Waals surface area contributed by atoms with Gasteiger partial charge in [-0.2, -0.15) is 13.5 Å². The van der Waals surface area contributed by atoms with E-state index in [2.05, 4.69) is 5.10 Å². The molecule has 0 spiro atoms. The lowest BCUT2D eigenvalue weighted by Gasteiger charge is -2.41. The summed E-state index contributed by atoms with van der Waals surface area (Å²) in [5.41, 5.74) is -0.658. The largest absolute Gasteiger partial charge is 0.377 e. The maximum Gasteiger partial charge on any atom is 0.349 e. The van der Waals surface area contributed by atoms with Gasteiger partial charge >= 0.3 is 10.2 Å². The molecule has 106 valence electrons. The van der Waals surface area contributed by atoms with E-state index in [0.29, 0.717) is 19.8 Å². The number of ether oxygens (including phenoxy) is 1. The van der Waals surface area contributed by atoms with Crippen molar-refractivity contribution in [2.24, 2.45) is 0 Å². The number of hydrogen-bond donors (Lipinski definition) is 1. The van der Waals surface area contributed by atoms with Gasteiger partial charge in [0, 0.05) is 12.6 Å². The second-order valence-corrected chi connectivity index (χ2v) is 6.19. The number of amides is 1. The van der Waals surface area contributed by atoms with Crippen molar-refractivity contribution >= 4 is 16.1 Å². The maximum atomic E-state index is 12.7. The van der Waals surface area contributed by atoms with Crippen LogP contribution in [0.3, 0.4) is 0 Å². The summed E-state index contributed by atoms with van der Waals surface area (Å²) < 4.78 is 39.4. The van der Waals surface area contributed by atoms with Crippen molar-refractivity contribution in [1.82, 2.24) is 15.1 Å². The number of carbonyl (C=O) groups excluding carboxylic acids is 1. The lowest BCUT2D eigenvalue weighted by atomic mass is 10.0. The lowest BCUT2D eigenvalue weighted by Crippen LogP contribution is -2.55. The summed E-state index contributed by atoms with van der Waals surface area (Å²) in [6.45, 7) is 4.79. The fourth-order valence-corrected chi connectivity index (χ4v) is 2.32. The number of nitrogens with one attached hydrogen (secondary N) is 1. The normalized spacial score (nSPS) is 19.4. The molecule has 1 fully saturated rings. The van der Waals surface area contributed by atoms with E-state index in [1.807, 2.05) is 18.9 Å². The molecule has 0 bridgehead atoms. The monoisotopic (exact) mass is 291 g/mol. The van der Waals surface area contributed by atoms with Crippen LogP contribution in [0.25, 0.3) is 0 Å². The van der Waals surface area contributed by atoms with E-state index in [9.17, 15) is 17.1 Å². The van der Waals surface area contributed by atoms with Crippen molar-refractivity contribution in [3.63, 3.8) is 0 Å². The minimum Gasteiger partial charge on any atom is -0.377 e. The summed E-state index contributed by atoms with van der Waals surface area (Å²) in [4.78, 5) is 13.8. The van der Waals surface area contributed by atoms with Gasteiger partial charge in [0.2, 0.25) is 0 Å². The molecule has 2 rings (SSSR count). The molecule has 7 nitrogen and oxygen atoms in total. The van der Waals surface area contributed by atoms with Gasteiger partial charge < -0.3 is 9.64 Å². The molecule has 0 saturated carbocycles. The van der Waals surface area contributed by atoms with Crippen molar-refractivity contribution in [1.29, 1.82) is 0 Å². The number of aromatic amines is 1. The second kappa shape index (κ2) is 4.57. The molecule has 1 aliphatic heterocycles. The first-order chi connectivity index (χ1) is 8.72. The third-order valence-corrected chi connectivity index (χ3v) is 3.66.